The van der Waals surface area contributed by atoms with Crippen LogP contribution in [0.15, 0.2) is 158 Å². The van der Waals surface area contributed by atoms with Crippen molar-refractivity contribution in [3.8, 4) is 81.1 Å². The van der Waals surface area contributed by atoms with Gasteiger partial charge in [0.05, 0.1) is 95.3 Å². The zero-order chi connectivity index (χ0) is 77.1. The first-order valence-electron chi connectivity index (χ1n) is 37.3. The van der Waals surface area contributed by atoms with Crippen molar-refractivity contribution in [2.75, 3.05) is 158 Å². The summed E-state index contributed by atoms with van der Waals surface area (Å²) in [4.78, 5) is 50.2. The van der Waals surface area contributed by atoms with E-state index in [1.807, 2.05) is 30.3 Å². The summed E-state index contributed by atoms with van der Waals surface area (Å²) in [5.41, 5.74) is 8.22. The molecule has 7 aliphatic rings. The molecule has 7 saturated heterocycles. The number of aliphatic hydroxyl groups is 1. The number of hydrogen-bond acceptors (Lipinski definition) is 27. The van der Waals surface area contributed by atoms with Crippen LogP contribution in [0.1, 0.15) is 42.4 Å². The second-order valence-electron chi connectivity index (χ2n) is 27.5. The van der Waals surface area contributed by atoms with Crippen LogP contribution in [0.3, 0.4) is 0 Å². The Morgan fingerprint density at radius 3 is 1.31 bits per heavy atom. The number of methoxy groups -OCH3 is 1. The zero-order valence-electron chi connectivity index (χ0n) is 61.8. The van der Waals surface area contributed by atoms with Crippen molar-refractivity contribution in [2.24, 2.45) is 0 Å². The molecule has 2 atom stereocenters. The lowest BCUT2D eigenvalue weighted by Crippen LogP contribution is -2.56. The number of likely N-dealkylation sites (tertiary alicyclic amines) is 1. The van der Waals surface area contributed by atoms with E-state index in [0.29, 0.717) is 144 Å². The predicted octanol–water partition coefficient (Wildman–Crippen LogP) is 10.6. The maximum atomic E-state index is 12.5. The number of carbonyl (C=O) groups excluding carboxylic acids is 1. The Morgan fingerprint density at radius 1 is 0.482 bits per heavy atom. The fourth-order valence-electron chi connectivity index (χ4n) is 13.8. The quantitative estimate of drug-likeness (QED) is 0.0462. The molecule has 3 aromatic heterocycles. The first-order valence-corrected chi connectivity index (χ1v) is 37.3. The predicted molar refractivity (Wildman–Crippen MR) is 413 cm³/mol. The minimum absolute atomic E-state index is 0.0137. The third kappa shape index (κ3) is 19.8. The molecular weight excluding hydrogens is 1440 g/mol. The molecular formula is C82H85F2N17O11. The SMILES string of the molecule is COc1cc(Nc2ccnc(-c3ccc(OC4CCOCC4)c(C#N)c3)n2)ccc1OC(F)F.N#Cc1cc(-c2nccc(Nc3ccc(N4CCN(C5COC5)CC4)cc3)n2)ccc1O[C@@H]1CCN(C(=O)CO)C1.N#Cc1cc(-c2nccc(Nc3ccc(N4CCN(C5COC5)CC4)cc3)n2)ccc1O[C@@H]1CCOC1. The van der Waals surface area contributed by atoms with E-state index in [1.165, 1.54) is 30.6 Å². The standard InChI is InChI=1S/C30H33N7O4.C28H30N6O3.C24H22F2N4O4/c31-16-22-15-21(1-6-27(22)41-26-8-10-37(17-26)29(39)18-38)30-32-9-7-28(34-30)33-23-2-4-24(5-3-23)35-11-13-36(14-12-35)25-19-40-20-25;29-16-21-15-20(1-6-26(21)37-25-8-14-35-19-25)28-30-9-7-27(32-28)31-22-2-4-23(5-3-22)33-10-12-34(13-11-33)24-17-36-18-24;1-31-21-13-17(3-5-20(21)34-24(25)26)29-22-6-9-28-23(30-22)15-2-4-19(16(12-15)14-27)33-18-7-10-32-11-8-18/h1-7,9,15,25-26,38H,8,10-14,17-20H2,(H,32,33,34);1-7,9,15,24-25H,8,10-14,17-19H2,(H,30,31,32);2-6,9,12-13,18,24H,7-8,10-11H2,1H3,(H,28,29,30)/t26-;25-;/m11./s1. The molecule has 10 heterocycles. The summed E-state index contributed by atoms with van der Waals surface area (Å²) in [6, 6.07) is 50.4. The normalized spacial score (nSPS) is 18.0. The zero-order valence-corrected chi connectivity index (χ0v) is 61.8. The Bertz CT molecular complexity index is 4810. The van der Waals surface area contributed by atoms with Crippen LogP contribution in [-0.4, -0.2) is 225 Å². The maximum Gasteiger partial charge on any atom is 0.387 e. The van der Waals surface area contributed by atoms with E-state index in [9.17, 15) is 29.4 Å². The highest BCUT2D eigenvalue weighted by Crippen LogP contribution is 2.36. The van der Waals surface area contributed by atoms with E-state index in [4.69, 9.17) is 43.0 Å². The molecule has 0 unspecified atom stereocenters. The highest BCUT2D eigenvalue weighted by Gasteiger charge is 2.32. The van der Waals surface area contributed by atoms with Crippen molar-refractivity contribution >= 4 is 51.8 Å². The Balaban J connectivity index is 0.000000140. The van der Waals surface area contributed by atoms with Gasteiger partial charge < -0.3 is 78.4 Å². The number of benzene rings is 6. The largest absolute Gasteiger partial charge is 0.493 e. The van der Waals surface area contributed by atoms with Gasteiger partial charge in [0.25, 0.3) is 0 Å². The number of aromatic nitrogens is 6. The molecule has 0 aliphatic carbocycles. The number of amides is 1. The first-order chi connectivity index (χ1) is 54.9. The molecule has 0 saturated carbocycles. The number of nitrogens with one attached hydrogen (secondary N) is 3. The number of halogens is 2. The van der Waals surface area contributed by atoms with Gasteiger partial charge in [0.2, 0.25) is 5.91 Å². The van der Waals surface area contributed by atoms with E-state index < -0.39 is 13.2 Å². The fourth-order valence-corrected chi connectivity index (χ4v) is 13.8. The van der Waals surface area contributed by atoms with Crippen molar-refractivity contribution in [1.29, 1.82) is 15.8 Å². The minimum Gasteiger partial charge on any atom is -0.493 e. The summed E-state index contributed by atoms with van der Waals surface area (Å²) >= 11 is 0. The molecule has 0 bridgehead atoms. The lowest BCUT2D eigenvalue weighted by Gasteiger charge is -2.43. The van der Waals surface area contributed by atoms with Crippen molar-refractivity contribution in [3.05, 3.63) is 175 Å². The van der Waals surface area contributed by atoms with Gasteiger partial charge in [-0.3, -0.25) is 14.6 Å². The Morgan fingerprint density at radius 2 is 0.902 bits per heavy atom. The van der Waals surface area contributed by atoms with Gasteiger partial charge in [-0.2, -0.15) is 24.6 Å². The molecule has 9 aromatic rings. The summed E-state index contributed by atoms with van der Waals surface area (Å²) in [6.07, 6.45) is 7.80. The second-order valence-corrected chi connectivity index (χ2v) is 27.5. The van der Waals surface area contributed by atoms with Gasteiger partial charge in [0.15, 0.2) is 29.0 Å². The number of piperazine rings is 2. The number of hydrogen-bond donors (Lipinski definition) is 4. The van der Waals surface area contributed by atoms with Gasteiger partial charge in [-0.25, -0.2) is 29.9 Å². The number of nitriles is 3. The minimum atomic E-state index is -2.95. The van der Waals surface area contributed by atoms with E-state index in [-0.39, 0.29) is 35.7 Å². The highest BCUT2D eigenvalue weighted by molar-refractivity contribution is 5.77. The summed E-state index contributed by atoms with van der Waals surface area (Å²) in [7, 11) is 1.36. The molecule has 16 rings (SSSR count). The van der Waals surface area contributed by atoms with Crippen LogP contribution in [0.2, 0.25) is 0 Å². The van der Waals surface area contributed by atoms with Crippen LogP contribution in [0.25, 0.3) is 34.2 Å². The van der Waals surface area contributed by atoms with E-state index in [2.05, 4.69) is 137 Å². The average molecular weight is 1520 g/mol. The van der Waals surface area contributed by atoms with Crippen LogP contribution >= 0.6 is 0 Å². The van der Waals surface area contributed by atoms with Crippen LogP contribution in [0.4, 0.5) is 54.7 Å². The Kier molecular flexibility index (Phi) is 25.5. The van der Waals surface area contributed by atoms with Crippen molar-refractivity contribution < 1.29 is 61.3 Å². The van der Waals surface area contributed by atoms with Crippen LogP contribution in [-0.2, 0) is 23.7 Å². The topological polar surface area (TPSA) is 321 Å². The fraction of sp³-hybridized carbons (Fsp3) is 0.366. The average Bonchev–Trinajstić information content (AvgIpc) is 1.18. The summed E-state index contributed by atoms with van der Waals surface area (Å²) in [6.45, 7) is 11.8. The Hall–Kier alpha value is -11.9. The number of aliphatic hydroxyl groups excluding tert-OH is 1. The molecule has 4 N–H and O–H groups in total. The van der Waals surface area contributed by atoms with Gasteiger partial charge in [0.1, 0.15) is 77.8 Å². The molecule has 0 radical (unpaired) electrons. The third-order valence-corrected chi connectivity index (χ3v) is 20.2. The van der Waals surface area contributed by atoms with E-state index >= 15 is 0 Å². The molecule has 578 valence electrons. The van der Waals surface area contributed by atoms with Crippen LogP contribution in [0, 0.1) is 34.0 Å². The lowest BCUT2D eigenvalue weighted by atomic mass is 10.1. The molecule has 112 heavy (non-hydrogen) atoms. The maximum absolute atomic E-state index is 12.5. The number of nitrogens with zero attached hydrogens (tertiary/aromatic N) is 14. The van der Waals surface area contributed by atoms with Crippen molar-refractivity contribution in [3.63, 3.8) is 0 Å². The van der Waals surface area contributed by atoms with Crippen molar-refractivity contribution in [2.45, 2.75) is 62.7 Å². The van der Waals surface area contributed by atoms with Gasteiger partial charge in [-0.05, 0) is 133 Å². The van der Waals surface area contributed by atoms with E-state index in [1.54, 1.807) is 72.0 Å². The number of carbonyl (C=O) groups is 1. The van der Waals surface area contributed by atoms with Gasteiger partial charge in [-0.1, -0.05) is 0 Å². The molecule has 0 spiro atoms. The first kappa shape index (κ1) is 76.8. The smallest absolute Gasteiger partial charge is 0.387 e. The second kappa shape index (κ2) is 37.2. The van der Waals surface area contributed by atoms with Crippen LogP contribution < -0.4 is 49.4 Å². The van der Waals surface area contributed by atoms with Crippen LogP contribution in [0.5, 0.6) is 28.7 Å². The molecule has 6 aromatic carbocycles. The number of anilines is 8. The lowest BCUT2D eigenvalue weighted by molar-refractivity contribution is -0.133. The number of ether oxygens (including phenoxy) is 9. The third-order valence-electron chi connectivity index (χ3n) is 20.2. The Labute approximate surface area is 647 Å². The summed E-state index contributed by atoms with van der Waals surface area (Å²) < 4.78 is 74.0. The highest BCUT2D eigenvalue weighted by atomic mass is 19.3. The van der Waals surface area contributed by atoms with Gasteiger partial charge in [-0.15, -0.1) is 0 Å². The number of alkyl halides is 2. The number of rotatable bonds is 23. The molecule has 7 fully saturated rings. The van der Waals surface area contributed by atoms with Gasteiger partial charge >= 0.3 is 6.61 Å². The molecule has 30 heteroatoms. The summed E-state index contributed by atoms with van der Waals surface area (Å²) in [5.74, 6) is 4.55. The molecule has 7 aliphatic heterocycles. The van der Waals surface area contributed by atoms with Gasteiger partial charge in [0, 0.05) is 154 Å². The summed E-state index contributed by atoms with van der Waals surface area (Å²) in [5, 5.41) is 47.9. The van der Waals surface area contributed by atoms with E-state index in [0.717, 1.165) is 115 Å². The van der Waals surface area contributed by atoms with Crippen molar-refractivity contribution in [1.82, 2.24) is 44.6 Å². The molecule has 28 nitrogen and oxygen atoms in total. The monoisotopic (exact) mass is 1520 g/mol. The molecule has 1 amide bonds.